The number of anilines is 2. The van der Waals surface area contributed by atoms with Gasteiger partial charge in [-0.3, -0.25) is 0 Å². The average molecular weight is 459 g/mol. The highest BCUT2D eigenvalue weighted by Crippen LogP contribution is 2.38. The van der Waals surface area contributed by atoms with Crippen molar-refractivity contribution < 1.29 is 40.7 Å². The number of fused-ring (bicyclic) bond motifs is 1. The van der Waals surface area contributed by atoms with Crippen LogP contribution in [0, 0.1) is 0 Å². The van der Waals surface area contributed by atoms with Crippen LogP contribution >= 0.6 is 0 Å². The molecule has 0 radical (unpaired) electrons. The number of rotatable bonds is 3. The maximum atomic E-state index is 13.5. The molecule has 3 N–H and O–H groups in total. The molecule has 1 aromatic carbocycles. The number of nitrogens with one attached hydrogen (secondary N) is 1. The zero-order chi connectivity index (χ0) is 23.8. The first kappa shape index (κ1) is 22.7. The second-order valence-corrected chi connectivity index (χ2v) is 6.15. The van der Waals surface area contributed by atoms with Gasteiger partial charge in [0.05, 0.1) is 22.2 Å². The average Bonchev–Trinajstić information content (AvgIpc) is 2.70. The molecular weight excluding hydrogens is 448 g/mol. The molecule has 3 rings (SSSR count). The summed E-state index contributed by atoms with van der Waals surface area (Å²) >= 11 is 0. The molecule has 0 fully saturated rings. The van der Waals surface area contributed by atoms with Crippen molar-refractivity contribution in [3.63, 3.8) is 0 Å². The van der Waals surface area contributed by atoms with Gasteiger partial charge in [0, 0.05) is 12.6 Å². The molecule has 0 spiro atoms. The van der Waals surface area contributed by atoms with Gasteiger partial charge in [0.2, 0.25) is 5.95 Å². The first-order chi connectivity index (χ1) is 14.8. The number of nitrogen functional groups attached to an aromatic ring is 1. The fraction of sp³-hybridized carbons (Fsp3) is 0.167. The number of hydrogen-bond acceptors (Lipinski definition) is 8. The number of ether oxygens (including phenoxy) is 1. The molecule has 0 atom stereocenters. The van der Waals surface area contributed by atoms with Gasteiger partial charge >= 0.3 is 24.3 Å². The van der Waals surface area contributed by atoms with E-state index < -0.39 is 46.7 Å². The molecule has 2 aromatic heterocycles. The molecule has 0 saturated carbocycles. The molecule has 2 heterocycles. The van der Waals surface area contributed by atoms with Crippen molar-refractivity contribution in [1.29, 1.82) is 0 Å². The van der Waals surface area contributed by atoms with Gasteiger partial charge in [0.1, 0.15) is 5.82 Å². The van der Waals surface area contributed by atoms with Gasteiger partial charge in [-0.2, -0.15) is 36.3 Å². The summed E-state index contributed by atoms with van der Waals surface area (Å²) in [5, 5.41) is 2.52. The summed E-state index contributed by atoms with van der Waals surface area (Å²) in [5.74, 6) is -5.05. The lowest BCUT2D eigenvalue weighted by molar-refractivity contribution is -0.193. The third-order valence-corrected chi connectivity index (χ3v) is 4.07. The van der Waals surface area contributed by atoms with Gasteiger partial charge in [-0.25, -0.2) is 14.6 Å². The fourth-order valence-corrected chi connectivity index (χ4v) is 2.76. The minimum Gasteiger partial charge on any atom is -0.383 e. The third kappa shape index (κ3) is 4.38. The van der Waals surface area contributed by atoms with E-state index in [1.54, 1.807) is 0 Å². The molecule has 0 saturated heterocycles. The van der Waals surface area contributed by atoms with Crippen molar-refractivity contribution >= 4 is 34.7 Å². The van der Waals surface area contributed by atoms with Gasteiger partial charge in [-0.15, -0.1) is 0 Å². The van der Waals surface area contributed by atoms with E-state index in [2.05, 4.69) is 25.0 Å². The number of hydrogen-bond donors (Lipinski definition) is 2. The van der Waals surface area contributed by atoms with Crippen LogP contribution in [-0.2, 0) is 15.7 Å². The van der Waals surface area contributed by atoms with Crippen LogP contribution in [0.15, 0.2) is 30.3 Å². The lowest BCUT2D eigenvalue weighted by Gasteiger charge is -2.16. The summed E-state index contributed by atoms with van der Waals surface area (Å²) in [7, 11) is 1.39. The van der Waals surface area contributed by atoms with E-state index >= 15 is 0 Å². The van der Waals surface area contributed by atoms with Crippen LogP contribution in [-0.4, -0.2) is 40.1 Å². The van der Waals surface area contributed by atoms with E-state index in [4.69, 9.17) is 5.73 Å². The Morgan fingerprint density at radius 3 is 2.28 bits per heavy atom. The van der Waals surface area contributed by atoms with Crippen molar-refractivity contribution in [2.45, 2.75) is 12.4 Å². The Labute approximate surface area is 174 Å². The Morgan fingerprint density at radius 1 is 1.03 bits per heavy atom. The summed E-state index contributed by atoms with van der Waals surface area (Å²) in [5.41, 5.74) is 1.84. The largest absolute Gasteiger partial charge is 0.491 e. The zero-order valence-corrected chi connectivity index (χ0v) is 15.8. The molecule has 14 heteroatoms. The predicted molar refractivity (Wildman–Crippen MR) is 98.2 cm³/mol. The molecule has 0 bridgehead atoms. The molecule has 0 aliphatic rings. The summed E-state index contributed by atoms with van der Waals surface area (Å²) in [6.07, 6.45) is -10.4. The number of nitrogens with zero attached hydrogens (tertiary/aromatic N) is 3. The van der Waals surface area contributed by atoms with E-state index in [0.29, 0.717) is 6.07 Å². The topological polar surface area (TPSA) is 120 Å². The fourth-order valence-electron chi connectivity index (χ4n) is 2.76. The minimum atomic E-state index is -5.52. The van der Waals surface area contributed by atoms with Gasteiger partial charge in [-0.05, 0) is 12.1 Å². The Kier molecular flexibility index (Phi) is 5.63. The van der Waals surface area contributed by atoms with Crippen LogP contribution in [0.1, 0.15) is 15.9 Å². The molecule has 0 amide bonds. The molecular formula is C18H11F6N5O3. The Bertz CT molecular complexity index is 1230. The summed E-state index contributed by atoms with van der Waals surface area (Å²) in [6.45, 7) is 0. The lowest BCUT2D eigenvalue weighted by atomic mass is 9.99. The number of benzene rings is 1. The highest BCUT2D eigenvalue weighted by molar-refractivity contribution is 6.06. The molecule has 3 aromatic rings. The van der Waals surface area contributed by atoms with E-state index in [-0.39, 0.29) is 22.8 Å². The van der Waals surface area contributed by atoms with Crippen LogP contribution in [0.3, 0.4) is 0 Å². The molecule has 0 unspecified atom stereocenters. The Morgan fingerprint density at radius 2 is 1.69 bits per heavy atom. The van der Waals surface area contributed by atoms with Crippen LogP contribution in [0.2, 0.25) is 0 Å². The number of pyridine rings is 1. The number of nitrogens with two attached hydrogens (primary N) is 1. The van der Waals surface area contributed by atoms with Crippen molar-refractivity contribution in [3.05, 3.63) is 41.5 Å². The second kappa shape index (κ2) is 7.94. The molecule has 168 valence electrons. The number of carbonyl (C=O) groups is 2. The Hall–Kier alpha value is -3.97. The van der Waals surface area contributed by atoms with Crippen molar-refractivity contribution in [1.82, 2.24) is 15.0 Å². The zero-order valence-electron chi connectivity index (χ0n) is 15.8. The smallest absolute Gasteiger partial charge is 0.383 e. The number of aromatic nitrogens is 3. The van der Waals surface area contributed by atoms with Gasteiger partial charge < -0.3 is 15.8 Å². The highest BCUT2D eigenvalue weighted by Gasteiger charge is 2.43. The highest BCUT2D eigenvalue weighted by atomic mass is 19.4. The van der Waals surface area contributed by atoms with E-state index in [0.717, 1.165) is 18.2 Å². The quantitative estimate of drug-likeness (QED) is 0.347. The van der Waals surface area contributed by atoms with E-state index in [9.17, 15) is 35.9 Å². The monoisotopic (exact) mass is 459 g/mol. The SMILES string of the molecule is CNc1nc(N)nc2nc(-c3ccccc3C(F)(F)F)c(C(=O)OC(=O)C(F)(F)F)cc12. The maximum Gasteiger partial charge on any atom is 0.491 e. The number of carbonyl (C=O) groups excluding carboxylic acids is 2. The summed E-state index contributed by atoms with van der Waals surface area (Å²) < 4.78 is 82.1. The van der Waals surface area contributed by atoms with Crippen molar-refractivity contribution in [3.8, 4) is 11.3 Å². The summed E-state index contributed by atoms with van der Waals surface area (Å²) in [6, 6.07) is 4.76. The van der Waals surface area contributed by atoms with Crippen LogP contribution < -0.4 is 11.1 Å². The van der Waals surface area contributed by atoms with E-state index in [1.165, 1.54) is 13.1 Å². The normalized spacial score (nSPS) is 12.0. The maximum absolute atomic E-state index is 13.5. The van der Waals surface area contributed by atoms with Gasteiger partial charge in [0.25, 0.3) is 0 Å². The minimum absolute atomic E-state index is 0.0214. The van der Waals surface area contributed by atoms with Crippen LogP contribution in [0.4, 0.5) is 38.1 Å². The number of alkyl halides is 6. The van der Waals surface area contributed by atoms with Crippen LogP contribution in [0.25, 0.3) is 22.3 Å². The summed E-state index contributed by atoms with van der Waals surface area (Å²) in [4.78, 5) is 35.1. The first-order valence-corrected chi connectivity index (χ1v) is 8.49. The van der Waals surface area contributed by atoms with Crippen molar-refractivity contribution in [2.75, 3.05) is 18.1 Å². The molecule has 0 aliphatic carbocycles. The standard InChI is InChI=1S/C18H11F6N5O3/c1-26-12-9-6-8(14(30)32-15(31)18(22,23)24)11(27-13(9)29-16(25)28-12)7-4-2-3-5-10(7)17(19,20)21/h2-6H,1H3,(H3,25,26,27,28,29). The third-order valence-electron chi connectivity index (χ3n) is 4.07. The van der Waals surface area contributed by atoms with Crippen LogP contribution in [0.5, 0.6) is 0 Å². The second-order valence-electron chi connectivity index (χ2n) is 6.15. The number of halogens is 6. The first-order valence-electron chi connectivity index (χ1n) is 8.49. The molecule has 8 nitrogen and oxygen atoms in total. The molecule has 0 aliphatic heterocycles. The Balaban J connectivity index is 2.33. The van der Waals surface area contributed by atoms with Gasteiger partial charge in [-0.1, -0.05) is 18.2 Å². The molecule has 32 heavy (non-hydrogen) atoms. The van der Waals surface area contributed by atoms with Crippen molar-refractivity contribution in [2.24, 2.45) is 0 Å². The van der Waals surface area contributed by atoms with E-state index in [1.807, 2.05) is 0 Å². The lowest BCUT2D eigenvalue weighted by Crippen LogP contribution is -2.28. The predicted octanol–water partition coefficient (Wildman–Crippen LogP) is 3.58. The van der Waals surface area contributed by atoms with Gasteiger partial charge in [0.15, 0.2) is 5.65 Å². The number of esters is 2.